The molecule has 0 saturated heterocycles. The average molecular weight is 432 g/mol. The highest BCUT2D eigenvalue weighted by Crippen LogP contribution is 2.33. The van der Waals surface area contributed by atoms with Crippen LogP contribution in [0.1, 0.15) is 54.3 Å². The van der Waals surface area contributed by atoms with Crippen LogP contribution in [-0.2, 0) is 19.6 Å². The van der Waals surface area contributed by atoms with Crippen molar-refractivity contribution in [3.05, 3.63) is 59.7 Å². The third-order valence-electron chi connectivity index (χ3n) is 5.26. The first kappa shape index (κ1) is 24.2. The molecule has 0 radical (unpaired) electrons. The van der Waals surface area contributed by atoms with Crippen LogP contribution in [0.2, 0.25) is 0 Å². The van der Waals surface area contributed by atoms with Crippen LogP contribution >= 0.6 is 0 Å². The first-order chi connectivity index (χ1) is 14.9. The van der Waals surface area contributed by atoms with E-state index >= 15 is 0 Å². The van der Waals surface area contributed by atoms with Crippen molar-refractivity contribution in [2.75, 3.05) is 14.2 Å². The Morgan fingerprint density at radius 2 is 1.10 bits per heavy atom. The SMILES string of the molecule is CCC(C)(CC)C(OOC(=O)c1ccc(OC)cc1)OOC(=O)c1ccc(OC)cc1. The Morgan fingerprint density at radius 3 is 1.39 bits per heavy atom. The van der Waals surface area contributed by atoms with Crippen LogP contribution in [0, 0.1) is 5.41 Å². The van der Waals surface area contributed by atoms with E-state index in [1.807, 2.05) is 20.8 Å². The van der Waals surface area contributed by atoms with Crippen LogP contribution < -0.4 is 9.47 Å². The number of carbonyl (C=O) groups excluding carboxylic acids is 2. The fourth-order valence-electron chi connectivity index (χ4n) is 2.56. The lowest BCUT2D eigenvalue weighted by Crippen LogP contribution is -2.37. The quantitative estimate of drug-likeness (QED) is 0.286. The zero-order valence-corrected chi connectivity index (χ0v) is 18.4. The molecule has 0 spiro atoms. The lowest BCUT2D eigenvalue weighted by atomic mass is 9.84. The monoisotopic (exact) mass is 432 g/mol. The standard InChI is InChI=1S/C23H28O8/c1-6-23(3,7-2)22(30-28-20(24)16-8-12-18(26-4)13-9-16)31-29-21(25)17-10-14-19(27-5)15-11-17/h8-15,22H,6-7H2,1-5H3. The van der Waals surface area contributed by atoms with Crippen LogP contribution in [0.25, 0.3) is 0 Å². The number of benzene rings is 2. The van der Waals surface area contributed by atoms with Gasteiger partial charge in [-0.15, -0.1) is 9.78 Å². The van der Waals surface area contributed by atoms with E-state index in [2.05, 4.69) is 0 Å². The Balaban J connectivity index is 2.04. The molecule has 0 unspecified atom stereocenters. The second-order valence-electron chi connectivity index (χ2n) is 7.08. The second-order valence-corrected chi connectivity index (χ2v) is 7.08. The summed E-state index contributed by atoms with van der Waals surface area (Å²) in [5, 5.41) is 0. The molecule has 0 amide bonds. The molecule has 0 atom stereocenters. The van der Waals surface area contributed by atoms with Crippen molar-refractivity contribution in [3.8, 4) is 11.5 Å². The molecule has 0 saturated carbocycles. The molecule has 0 aliphatic rings. The highest BCUT2D eigenvalue weighted by molar-refractivity contribution is 5.89. The van der Waals surface area contributed by atoms with E-state index in [0.29, 0.717) is 24.3 Å². The highest BCUT2D eigenvalue weighted by atomic mass is 17.3. The van der Waals surface area contributed by atoms with E-state index in [-0.39, 0.29) is 11.1 Å². The van der Waals surface area contributed by atoms with E-state index in [4.69, 9.17) is 29.0 Å². The van der Waals surface area contributed by atoms with Crippen molar-refractivity contribution in [1.29, 1.82) is 0 Å². The summed E-state index contributed by atoms with van der Waals surface area (Å²) in [4.78, 5) is 45.1. The molecular weight excluding hydrogens is 404 g/mol. The molecule has 168 valence electrons. The summed E-state index contributed by atoms with van der Waals surface area (Å²) >= 11 is 0. The van der Waals surface area contributed by atoms with Crippen LogP contribution in [0.4, 0.5) is 0 Å². The Hall–Kier alpha value is -3.10. The third-order valence-corrected chi connectivity index (χ3v) is 5.26. The Bertz CT molecular complexity index is 777. The van der Waals surface area contributed by atoms with Gasteiger partial charge in [-0.3, -0.25) is 9.78 Å². The third kappa shape index (κ3) is 6.44. The summed E-state index contributed by atoms with van der Waals surface area (Å²) in [6, 6.07) is 12.7. The van der Waals surface area contributed by atoms with Gasteiger partial charge in [-0.2, -0.15) is 0 Å². The molecule has 2 rings (SSSR count). The van der Waals surface area contributed by atoms with Crippen LogP contribution in [0.3, 0.4) is 0 Å². The maximum absolute atomic E-state index is 12.3. The Morgan fingerprint density at radius 1 is 0.742 bits per heavy atom. The molecule has 0 N–H and O–H groups in total. The summed E-state index contributed by atoms with van der Waals surface area (Å²) in [6.45, 7) is 5.74. The largest absolute Gasteiger partial charge is 0.497 e. The summed E-state index contributed by atoms with van der Waals surface area (Å²) in [5.41, 5.74) is -0.0469. The molecule has 0 aliphatic carbocycles. The zero-order chi connectivity index (χ0) is 22.9. The van der Waals surface area contributed by atoms with Crippen molar-refractivity contribution in [2.45, 2.75) is 39.9 Å². The maximum Gasteiger partial charge on any atom is 0.373 e. The van der Waals surface area contributed by atoms with Gasteiger partial charge < -0.3 is 9.47 Å². The maximum atomic E-state index is 12.3. The number of hydrogen-bond donors (Lipinski definition) is 0. The molecule has 0 aromatic heterocycles. The van der Waals surface area contributed by atoms with Crippen molar-refractivity contribution in [1.82, 2.24) is 0 Å². The lowest BCUT2D eigenvalue weighted by molar-refractivity contribution is -0.445. The van der Waals surface area contributed by atoms with Crippen LogP contribution in [-0.4, -0.2) is 32.4 Å². The van der Waals surface area contributed by atoms with Gasteiger partial charge in [0.15, 0.2) is 0 Å². The summed E-state index contributed by atoms with van der Waals surface area (Å²) < 4.78 is 10.1. The second kappa shape index (κ2) is 11.3. The molecule has 0 aliphatic heterocycles. The van der Waals surface area contributed by atoms with Gasteiger partial charge in [0.1, 0.15) is 11.5 Å². The highest BCUT2D eigenvalue weighted by Gasteiger charge is 2.37. The topological polar surface area (TPSA) is 89.5 Å². The predicted molar refractivity (Wildman–Crippen MR) is 111 cm³/mol. The number of methoxy groups -OCH3 is 2. The van der Waals surface area contributed by atoms with Crippen molar-refractivity contribution in [3.63, 3.8) is 0 Å². The number of hydrogen-bond acceptors (Lipinski definition) is 8. The molecule has 0 fully saturated rings. The fourth-order valence-corrected chi connectivity index (χ4v) is 2.56. The van der Waals surface area contributed by atoms with Gasteiger partial charge in [0.2, 0.25) is 0 Å². The van der Waals surface area contributed by atoms with Crippen molar-refractivity contribution < 1.29 is 38.6 Å². The zero-order valence-electron chi connectivity index (χ0n) is 18.4. The van der Waals surface area contributed by atoms with Gasteiger partial charge in [-0.05, 0) is 61.4 Å². The van der Waals surface area contributed by atoms with E-state index in [9.17, 15) is 9.59 Å². The van der Waals surface area contributed by atoms with Gasteiger partial charge in [-0.25, -0.2) is 9.59 Å². The van der Waals surface area contributed by atoms with Crippen molar-refractivity contribution >= 4 is 11.9 Å². The molecule has 8 nitrogen and oxygen atoms in total. The van der Waals surface area contributed by atoms with Gasteiger partial charge >= 0.3 is 11.9 Å². The Kier molecular flexibility index (Phi) is 8.84. The molecule has 2 aromatic carbocycles. The fraction of sp³-hybridized carbons (Fsp3) is 0.391. The average Bonchev–Trinajstić information content (AvgIpc) is 2.83. The molecule has 8 heteroatoms. The molecule has 2 aromatic rings. The van der Waals surface area contributed by atoms with Crippen molar-refractivity contribution in [2.24, 2.45) is 5.41 Å². The minimum atomic E-state index is -1.13. The minimum absolute atomic E-state index is 0.268. The van der Waals surface area contributed by atoms with E-state index in [1.165, 1.54) is 14.2 Å². The predicted octanol–water partition coefficient (Wildman–Crippen LogP) is 4.73. The van der Waals surface area contributed by atoms with Gasteiger partial charge in [0.05, 0.1) is 25.3 Å². The summed E-state index contributed by atoms with van der Waals surface area (Å²) in [5.74, 6) is -0.220. The van der Waals surface area contributed by atoms with Crippen LogP contribution in [0.5, 0.6) is 11.5 Å². The van der Waals surface area contributed by atoms with Gasteiger partial charge in [0.25, 0.3) is 6.29 Å². The molecule has 0 bridgehead atoms. The molecule has 0 heterocycles. The minimum Gasteiger partial charge on any atom is -0.497 e. The smallest absolute Gasteiger partial charge is 0.373 e. The number of carbonyl (C=O) groups is 2. The van der Waals surface area contributed by atoms with E-state index in [0.717, 1.165) is 0 Å². The number of ether oxygens (including phenoxy) is 2. The molecular formula is C23H28O8. The van der Waals surface area contributed by atoms with E-state index < -0.39 is 23.6 Å². The first-order valence-electron chi connectivity index (χ1n) is 9.90. The first-order valence-corrected chi connectivity index (χ1v) is 9.90. The summed E-state index contributed by atoms with van der Waals surface area (Å²) in [7, 11) is 3.06. The van der Waals surface area contributed by atoms with Gasteiger partial charge in [-0.1, -0.05) is 20.8 Å². The summed E-state index contributed by atoms with van der Waals surface area (Å²) in [6.07, 6.45) is 0.106. The normalized spacial score (nSPS) is 11.2. The lowest BCUT2D eigenvalue weighted by Gasteiger charge is -2.32. The Labute approximate surface area is 181 Å². The van der Waals surface area contributed by atoms with E-state index in [1.54, 1.807) is 48.5 Å². The molecule has 31 heavy (non-hydrogen) atoms. The van der Waals surface area contributed by atoms with Crippen LogP contribution in [0.15, 0.2) is 48.5 Å². The number of rotatable bonds is 11. The van der Waals surface area contributed by atoms with Gasteiger partial charge in [0, 0.05) is 5.41 Å².